The third kappa shape index (κ3) is 11.5. The summed E-state index contributed by atoms with van der Waals surface area (Å²) in [5.41, 5.74) is 17.0. The molecule has 2 aromatic carbocycles. The summed E-state index contributed by atoms with van der Waals surface area (Å²) in [6, 6.07) is 5.75. The lowest BCUT2D eigenvalue weighted by atomic mass is 9.47. The summed E-state index contributed by atoms with van der Waals surface area (Å²) in [7, 11) is -3.18. The number of anilines is 2. The number of nitrogens with one attached hydrogen (secondary N) is 1. The van der Waals surface area contributed by atoms with Crippen LogP contribution in [0.2, 0.25) is 30.1 Å². The molecular formula is C42H57Cl7N8O9S2. The minimum Gasteiger partial charge on any atom is -0.480 e. The molecule has 380 valence electrons. The molecule has 8 N–H and O–H groups in total. The lowest BCUT2D eigenvalue weighted by Gasteiger charge is -2.58. The second kappa shape index (κ2) is 21.4. The Balaban J connectivity index is 0.000000209. The molecule has 68 heavy (non-hydrogen) atoms. The summed E-state index contributed by atoms with van der Waals surface area (Å²) >= 11 is 35.9. The highest BCUT2D eigenvalue weighted by molar-refractivity contribution is 7.90. The molecule has 8 fully saturated rings. The third-order valence-electron chi connectivity index (χ3n) is 14.8. The van der Waals surface area contributed by atoms with Crippen molar-refractivity contribution in [3.63, 3.8) is 0 Å². The van der Waals surface area contributed by atoms with Crippen LogP contribution in [0.3, 0.4) is 0 Å². The van der Waals surface area contributed by atoms with E-state index in [-0.39, 0.29) is 95.6 Å². The number of primary amides is 2. The molecule has 8 saturated carbocycles. The maximum atomic E-state index is 13.1. The molecular weight excluding hydrogens is 1070 g/mol. The van der Waals surface area contributed by atoms with Gasteiger partial charge in [-0.1, -0.05) is 69.6 Å². The zero-order chi connectivity index (χ0) is 49.9. The molecule has 0 heterocycles. The molecule has 0 aromatic heterocycles. The van der Waals surface area contributed by atoms with E-state index in [1.54, 1.807) is 0 Å². The number of hydrogen-bond donors (Lipinski definition) is 5. The average Bonchev–Trinajstić information content (AvgIpc) is 3.20. The lowest BCUT2D eigenvalue weighted by Crippen LogP contribution is -2.62. The highest BCUT2D eigenvalue weighted by Gasteiger charge is 2.59. The molecule has 0 aliphatic heterocycles. The van der Waals surface area contributed by atoms with Crippen LogP contribution in [-0.2, 0) is 39.6 Å². The van der Waals surface area contributed by atoms with Gasteiger partial charge in [-0.05, 0) is 124 Å². The highest BCUT2D eigenvalue weighted by atomic mass is 35.5. The monoisotopic (exact) mass is 1130 g/mol. The SMILES string of the molecule is CN(CC(=O)NC1C2CC3CC1CC(C(N)=O)(C3)C2)S(=O)(=O)N(C)c1c(Cl)cc(Cl)cc1Cl.CN(CC(=O)O)S(=O)(=O)N(C)c1c(Cl)cc(Cl)cc1Cl.Cl.NC(=O)C12CC3CC(C1)C(N)C(C3)C2. The van der Waals surface area contributed by atoms with E-state index in [2.05, 4.69) is 5.32 Å². The predicted octanol–water partition coefficient (Wildman–Crippen LogP) is 6.45. The van der Waals surface area contributed by atoms with Crippen LogP contribution in [-0.4, -0.2) is 108 Å². The molecule has 10 rings (SSSR count). The smallest absolute Gasteiger partial charge is 0.318 e. The Morgan fingerprint density at radius 3 is 1.28 bits per heavy atom. The normalized spacial score (nSPS) is 29.5. The molecule has 0 radical (unpaired) electrons. The standard InChI is InChI=1S/C21H27Cl3N4O4S.C11H18N2O.C10H11Cl3N2O4S.ClH/c1-27(33(31,32)28(2)19-15(23)5-14(22)6-16(19)24)10-17(29)26-18-12-3-11-4-13(18)9-21(7-11,8-12)20(25)30;12-9-7-1-6-2-8(9)5-11(3-6,4-7)10(13)14;1-14(5-9(16)17)20(18,19)15(2)10-7(12)3-6(11)4-8(10)13;/h5-6,11-13,18H,3-4,7-10H2,1-2H3,(H2,25,30)(H,26,29);6-9H,1-5,12H2,(H2,13,14);3-4H,5H2,1-2H3,(H,16,17);1H. The van der Waals surface area contributed by atoms with Gasteiger partial charge >= 0.3 is 26.4 Å². The fraction of sp³-hybridized carbons (Fsp3) is 0.619. The van der Waals surface area contributed by atoms with E-state index in [0.717, 1.165) is 64.4 Å². The number of nitrogens with two attached hydrogens (primary N) is 3. The number of benzene rings is 2. The Hall–Kier alpha value is -2.27. The van der Waals surface area contributed by atoms with Gasteiger partial charge in [-0.2, -0.15) is 25.4 Å². The van der Waals surface area contributed by atoms with E-state index in [1.807, 2.05) is 0 Å². The Morgan fingerprint density at radius 1 is 0.618 bits per heavy atom. The van der Waals surface area contributed by atoms with Crippen LogP contribution in [0.15, 0.2) is 24.3 Å². The van der Waals surface area contributed by atoms with Gasteiger partial charge in [-0.15, -0.1) is 12.4 Å². The van der Waals surface area contributed by atoms with Crippen LogP contribution in [0.1, 0.15) is 64.2 Å². The minimum absolute atomic E-state index is 0. The summed E-state index contributed by atoms with van der Waals surface area (Å²) < 4.78 is 53.9. The largest absolute Gasteiger partial charge is 0.480 e. The number of aliphatic carboxylic acids is 1. The van der Waals surface area contributed by atoms with E-state index >= 15 is 0 Å². The van der Waals surface area contributed by atoms with Crippen molar-refractivity contribution in [2.24, 2.45) is 63.5 Å². The van der Waals surface area contributed by atoms with E-state index in [0.29, 0.717) is 40.9 Å². The van der Waals surface area contributed by atoms with Crippen molar-refractivity contribution >= 4 is 137 Å². The number of rotatable bonds is 13. The van der Waals surface area contributed by atoms with E-state index in [9.17, 15) is 36.0 Å². The van der Waals surface area contributed by atoms with Gasteiger partial charge < -0.3 is 27.6 Å². The molecule has 8 aliphatic carbocycles. The summed E-state index contributed by atoms with van der Waals surface area (Å²) in [6.45, 7) is -1.05. The zero-order valence-corrected chi connectivity index (χ0v) is 44.6. The fourth-order valence-electron chi connectivity index (χ4n) is 12.0. The zero-order valence-electron chi connectivity index (χ0n) is 37.6. The van der Waals surface area contributed by atoms with Gasteiger partial charge in [0.05, 0.1) is 38.0 Å². The number of amides is 3. The number of carbonyl (C=O) groups is 4. The number of carbonyl (C=O) groups excluding carboxylic acids is 3. The summed E-state index contributed by atoms with van der Waals surface area (Å²) in [6.07, 6.45) is 9.60. The Kier molecular flexibility index (Phi) is 17.9. The Bertz CT molecular complexity index is 2450. The van der Waals surface area contributed by atoms with Crippen LogP contribution in [0.4, 0.5) is 11.4 Å². The van der Waals surface area contributed by atoms with E-state index in [4.69, 9.17) is 91.9 Å². The van der Waals surface area contributed by atoms with Crippen molar-refractivity contribution in [2.45, 2.75) is 76.3 Å². The molecule has 8 aliphatic rings. The molecule has 26 heteroatoms. The van der Waals surface area contributed by atoms with Crippen molar-refractivity contribution < 1.29 is 41.1 Å². The number of halogens is 7. The van der Waals surface area contributed by atoms with Crippen molar-refractivity contribution in [1.29, 1.82) is 0 Å². The first-order chi connectivity index (χ1) is 31.0. The first-order valence-electron chi connectivity index (χ1n) is 21.6. The van der Waals surface area contributed by atoms with Crippen molar-refractivity contribution in [3.05, 3.63) is 54.4 Å². The molecule has 17 nitrogen and oxygen atoms in total. The van der Waals surface area contributed by atoms with Crippen molar-refractivity contribution in [2.75, 3.05) is 49.9 Å². The third-order valence-corrected chi connectivity index (χ3v) is 20.0. The predicted molar refractivity (Wildman–Crippen MR) is 268 cm³/mol. The molecule has 0 saturated heterocycles. The maximum Gasteiger partial charge on any atom is 0.318 e. The topological polar surface area (TPSA) is 260 Å². The van der Waals surface area contributed by atoms with Crippen molar-refractivity contribution in [3.8, 4) is 0 Å². The number of carboxylic acid groups (broad SMARTS) is 1. The fourth-order valence-corrected chi connectivity index (χ4v) is 16.6. The lowest BCUT2D eigenvalue weighted by molar-refractivity contribution is -0.147. The van der Waals surface area contributed by atoms with Gasteiger partial charge in [0.2, 0.25) is 17.7 Å². The molecule has 3 amide bonds. The van der Waals surface area contributed by atoms with E-state index < -0.39 is 44.3 Å². The van der Waals surface area contributed by atoms with Crippen LogP contribution in [0.5, 0.6) is 0 Å². The molecule has 0 spiro atoms. The van der Waals surface area contributed by atoms with Gasteiger partial charge in [0.15, 0.2) is 0 Å². The van der Waals surface area contributed by atoms with Crippen LogP contribution in [0, 0.1) is 46.3 Å². The number of carboxylic acids is 1. The molecule has 8 bridgehead atoms. The number of nitrogens with zero attached hydrogens (tertiary/aromatic N) is 4. The minimum atomic E-state index is -4.09. The number of likely N-dealkylation sites (N-methyl/N-ethyl adjacent to an activating group) is 2. The molecule has 4 atom stereocenters. The molecule has 4 unspecified atom stereocenters. The maximum absolute atomic E-state index is 13.1. The first kappa shape index (κ1) is 56.6. The Morgan fingerprint density at radius 2 is 0.941 bits per heavy atom. The van der Waals surface area contributed by atoms with Gasteiger partial charge in [-0.3, -0.25) is 27.8 Å². The van der Waals surface area contributed by atoms with Crippen LogP contribution >= 0.6 is 82.0 Å². The molecule has 2 aromatic rings. The summed E-state index contributed by atoms with van der Waals surface area (Å²) in [5.74, 6) is 0.749. The quantitative estimate of drug-likeness (QED) is 0.146. The van der Waals surface area contributed by atoms with Gasteiger partial charge in [0, 0.05) is 61.1 Å². The second-order valence-corrected chi connectivity index (χ2v) is 25.8. The Labute approximate surface area is 433 Å². The van der Waals surface area contributed by atoms with Crippen LogP contribution < -0.4 is 31.1 Å². The van der Waals surface area contributed by atoms with Crippen molar-refractivity contribution in [1.82, 2.24) is 13.9 Å². The van der Waals surface area contributed by atoms with Gasteiger partial charge in [-0.25, -0.2) is 0 Å². The van der Waals surface area contributed by atoms with Gasteiger partial charge in [0.25, 0.3) is 0 Å². The first-order valence-corrected chi connectivity index (χ1v) is 26.6. The number of hydrogen-bond acceptors (Lipinski definition) is 9. The summed E-state index contributed by atoms with van der Waals surface area (Å²) in [4.78, 5) is 47.1. The summed E-state index contributed by atoms with van der Waals surface area (Å²) in [5, 5.41) is 12.5. The average molecular weight is 1130 g/mol. The second-order valence-electron chi connectivity index (χ2n) is 19.2. The highest BCUT2D eigenvalue weighted by Crippen LogP contribution is 2.61. The van der Waals surface area contributed by atoms with Gasteiger partial charge in [0.1, 0.15) is 6.54 Å². The van der Waals surface area contributed by atoms with Crippen LogP contribution in [0.25, 0.3) is 0 Å². The van der Waals surface area contributed by atoms with E-state index in [1.165, 1.54) is 58.3 Å².